The van der Waals surface area contributed by atoms with E-state index >= 15 is 0 Å². The van der Waals surface area contributed by atoms with Crippen molar-refractivity contribution in [1.29, 1.82) is 5.41 Å². The molecule has 5 nitrogen and oxygen atoms in total. The Kier molecular flexibility index (Phi) is 5.12. The van der Waals surface area contributed by atoms with Crippen LogP contribution in [0.25, 0.3) is 16.8 Å². The lowest BCUT2D eigenvalue weighted by Crippen LogP contribution is -2.28. The minimum absolute atomic E-state index is 0.216. The fraction of sp³-hybridized carbons (Fsp3) is 0.182. The number of hydrogen-bond donors (Lipinski definition) is 2. The molecule has 2 N–H and O–H groups in total. The van der Waals surface area contributed by atoms with Gasteiger partial charge < -0.3 is 14.7 Å². The van der Waals surface area contributed by atoms with Gasteiger partial charge in [-0.3, -0.25) is 5.41 Å². The average molecular weight is 391 g/mol. The lowest BCUT2D eigenvalue weighted by Gasteiger charge is -2.18. The molecule has 1 aliphatic rings. The van der Waals surface area contributed by atoms with Crippen molar-refractivity contribution >= 4 is 22.7 Å². The maximum absolute atomic E-state index is 10.5. The van der Waals surface area contributed by atoms with Gasteiger partial charge in [0, 0.05) is 17.5 Å². The van der Waals surface area contributed by atoms with Crippen molar-refractivity contribution in [3.05, 3.63) is 76.3 Å². The Bertz CT molecular complexity index is 1010. The van der Waals surface area contributed by atoms with E-state index < -0.39 is 0 Å². The van der Waals surface area contributed by atoms with E-state index in [0.29, 0.717) is 29.5 Å². The summed E-state index contributed by atoms with van der Waals surface area (Å²) in [4.78, 5) is 6.56. The van der Waals surface area contributed by atoms with Crippen LogP contribution in [-0.4, -0.2) is 41.0 Å². The Labute approximate surface area is 168 Å². The number of aliphatic hydroxyl groups is 1. The second kappa shape index (κ2) is 7.86. The molecule has 0 fully saturated rings. The molecule has 142 valence electrons. The molecule has 2 heterocycles. The van der Waals surface area contributed by atoms with Gasteiger partial charge in [0.2, 0.25) is 0 Å². The number of ether oxygens (including phenoxy) is 1. The maximum atomic E-state index is 10.5. The van der Waals surface area contributed by atoms with Crippen molar-refractivity contribution in [2.24, 2.45) is 0 Å². The predicted molar refractivity (Wildman–Crippen MR) is 113 cm³/mol. The minimum Gasteiger partial charge on any atom is -0.510 e. The zero-order valence-corrected chi connectivity index (χ0v) is 16.4. The van der Waals surface area contributed by atoms with Crippen LogP contribution in [0, 0.1) is 5.41 Å². The first kappa shape index (κ1) is 18.3. The van der Waals surface area contributed by atoms with Crippen LogP contribution in [-0.2, 0) is 6.42 Å². The highest BCUT2D eigenvalue weighted by atomic mass is 32.1. The zero-order chi connectivity index (χ0) is 19.5. The lowest BCUT2D eigenvalue weighted by atomic mass is 10.1. The Morgan fingerprint density at radius 1 is 1.14 bits per heavy atom. The summed E-state index contributed by atoms with van der Waals surface area (Å²) in [6.07, 6.45) is 0.832. The van der Waals surface area contributed by atoms with Crippen LogP contribution >= 0.6 is 11.3 Å². The topological polar surface area (TPSA) is 69.4 Å². The first-order valence-corrected chi connectivity index (χ1v) is 9.94. The van der Waals surface area contributed by atoms with Crippen molar-refractivity contribution in [2.45, 2.75) is 6.42 Å². The quantitative estimate of drug-likeness (QED) is 0.643. The van der Waals surface area contributed by atoms with Crippen LogP contribution in [0.1, 0.15) is 10.6 Å². The molecule has 4 rings (SSSR count). The van der Waals surface area contributed by atoms with Crippen molar-refractivity contribution in [3.8, 4) is 17.0 Å². The summed E-state index contributed by atoms with van der Waals surface area (Å²) in [5.74, 6) is 1.35. The summed E-state index contributed by atoms with van der Waals surface area (Å²) in [6.45, 7) is 1.05. The second-order valence-corrected chi connectivity index (χ2v) is 7.45. The highest BCUT2D eigenvalue weighted by Crippen LogP contribution is 2.32. The molecular weight excluding hydrogens is 370 g/mol. The SMILES string of the molecule is COc1ccc(-c2csc(C3=C(O)CN(CCc4ccccc4)C3=N)n2)cc1. The number of thiazole rings is 1. The number of methoxy groups -OCH3 is 1. The monoisotopic (exact) mass is 391 g/mol. The molecule has 0 atom stereocenters. The molecule has 0 amide bonds. The maximum Gasteiger partial charge on any atom is 0.135 e. The van der Waals surface area contributed by atoms with Crippen LogP contribution in [0.15, 0.2) is 65.7 Å². The Balaban J connectivity index is 1.48. The van der Waals surface area contributed by atoms with Gasteiger partial charge in [-0.15, -0.1) is 11.3 Å². The molecule has 0 radical (unpaired) electrons. The number of nitrogens with one attached hydrogen (secondary N) is 1. The molecule has 0 spiro atoms. The Morgan fingerprint density at radius 2 is 1.89 bits per heavy atom. The normalized spacial score (nSPS) is 14.0. The van der Waals surface area contributed by atoms with Gasteiger partial charge in [-0.2, -0.15) is 0 Å². The van der Waals surface area contributed by atoms with Crippen LogP contribution in [0.3, 0.4) is 0 Å². The van der Waals surface area contributed by atoms with E-state index in [9.17, 15) is 5.11 Å². The third kappa shape index (κ3) is 3.64. The van der Waals surface area contributed by atoms with Gasteiger partial charge in [0.05, 0.1) is 24.9 Å². The van der Waals surface area contributed by atoms with Gasteiger partial charge >= 0.3 is 0 Å². The molecular formula is C22H21N3O2S. The summed E-state index contributed by atoms with van der Waals surface area (Å²) in [5.41, 5.74) is 3.57. The molecule has 0 saturated heterocycles. The largest absolute Gasteiger partial charge is 0.510 e. The fourth-order valence-electron chi connectivity index (χ4n) is 3.24. The molecule has 6 heteroatoms. The van der Waals surface area contributed by atoms with E-state index in [1.807, 2.05) is 52.7 Å². The van der Waals surface area contributed by atoms with E-state index in [-0.39, 0.29) is 5.76 Å². The van der Waals surface area contributed by atoms with Crippen LogP contribution in [0.2, 0.25) is 0 Å². The van der Waals surface area contributed by atoms with Crippen LogP contribution in [0.5, 0.6) is 5.75 Å². The molecule has 3 aromatic rings. The molecule has 0 bridgehead atoms. The summed E-state index contributed by atoms with van der Waals surface area (Å²) in [6, 6.07) is 17.9. The fourth-order valence-corrected chi connectivity index (χ4v) is 4.14. The zero-order valence-electron chi connectivity index (χ0n) is 15.6. The number of nitrogens with zero attached hydrogens (tertiary/aromatic N) is 2. The van der Waals surface area contributed by atoms with Crippen molar-refractivity contribution in [3.63, 3.8) is 0 Å². The van der Waals surface area contributed by atoms with Crippen molar-refractivity contribution < 1.29 is 9.84 Å². The standard InChI is InChI=1S/C22H21N3O2S/c1-27-17-9-7-16(8-10-17)18-14-28-22(24-18)20-19(26)13-25(21(20)23)12-11-15-5-3-2-4-6-15/h2-10,14,23,26H,11-13H2,1H3. The third-order valence-corrected chi connectivity index (χ3v) is 5.66. The lowest BCUT2D eigenvalue weighted by molar-refractivity contribution is 0.351. The van der Waals surface area contributed by atoms with Gasteiger partial charge in [0.25, 0.3) is 0 Å². The number of amidine groups is 1. The molecule has 0 unspecified atom stereocenters. The number of benzene rings is 2. The van der Waals surface area contributed by atoms with Gasteiger partial charge in [0.15, 0.2) is 0 Å². The van der Waals surface area contributed by atoms with Crippen molar-refractivity contribution in [1.82, 2.24) is 9.88 Å². The highest BCUT2D eigenvalue weighted by molar-refractivity contribution is 7.11. The summed E-state index contributed by atoms with van der Waals surface area (Å²) in [7, 11) is 1.64. The summed E-state index contributed by atoms with van der Waals surface area (Å²) >= 11 is 1.45. The number of rotatable bonds is 6. The Hall–Kier alpha value is -3.12. The third-order valence-electron chi connectivity index (χ3n) is 4.80. The van der Waals surface area contributed by atoms with E-state index in [1.54, 1.807) is 7.11 Å². The van der Waals surface area contributed by atoms with Gasteiger partial charge in [-0.05, 0) is 36.2 Å². The van der Waals surface area contributed by atoms with Gasteiger partial charge in [-0.25, -0.2) is 4.98 Å². The van der Waals surface area contributed by atoms with E-state index in [4.69, 9.17) is 10.1 Å². The average Bonchev–Trinajstić information content (AvgIpc) is 3.31. The van der Waals surface area contributed by atoms with Crippen LogP contribution in [0.4, 0.5) is 0 Å². The summed E-state index contributed by atoms with van der Waals surface area (Å²) < 4.78 is 5.19. The molecule has 1 aliphatic heterocycles. The molecule has 1 aromatic heterocycles. The van der Waals surface area contributed by atoms with E-state index in [2.05, 4.69) is 17.1 Å². The van der Waals surface area contributed by atoms with Crippen molar-refractivity contribution in [2.75, 3.05) is 20.2 Å². The van der Waals surface area contributed by atoms with Crippen LogP contribution < -0.4 is 4.74 Å². The van der Waals surface area contributed by atoms with Gasteiger partial charge in [0.1, 0.15) is 22.4 Å². The molecule has 2 aromatic carbocycles. The first-order valence-electron chi connectivity index (χ1n) is 9.06. The van der Waals surface area contributed by atoms with E-state index in [0.717, 1.165) is 23.4 Å². The molecule has 28 heavy (non-hydrogen) atoms. The number of hydrogen-bond acceptors (Lipinski definition) is 5. The second-order valence-electron chi connectivity index (χ2n) is 6.59. The number of aromatic nitrogens is 1. The summed E-state index contributed by atoms with van der Waals surface area (Å²) in [5, 5.41) is 21.6. The molecule has 0 saturated carbocycles. The predicted octanol–water partition coefficient (Wildman–Crippen LogP) is 4.62. The smallest absolute Gasteiger partial charge is 0.135 e. The van der Waals surface area contributed by atoms with E-state index in [1.165, 1.54) is 16.9 Å². The first-order chi connectivity index (χ1) is 13.7. The Morgan fingerprint density at radius 3 is 2.61 bits per heavy atom. The highest BCUT2D eigenvalue weighted by Gasteiger charge is 2.30. The minimum atomic E-state index is 0.216. The number of aliphatic hydroxyl groups excluding tert-OH is 1. The van der Waals surface area contributed by atoms with Gasteiger partial charge in [-0.1, -0.05) is 30.3 Å². The molecule has 0 aliphatic carbocycles.